The maximum Gasteiger partial charge on any atom is 0.0545 e. The molecule has 1 rings (SSSR count). The maximum absolute atomic E-state index is 8.73. The minimum atomic E-state index is 0.237. The van der Waals surface area contributed by atoms with E-state index in [1.807, 2.05) is 6.07 Å². The fourth-order valence-corrected chi connectivity index (χ4v) is 2.56. The van der Waals surface area contributed by atoms with E-state index in [1.165, 1.54) is 5.56 Å². The van der Waals surface area contributed by atoms with Gasteiger partial charge < -0.3 is 10.4 Å². The fourth-order valence-electron chi connectivity index (χ4n) is 1.34. The average molecular weight is 274 g/mol. The molecule has 0 saturated carbocycles. The van der Waals surface area contributed by atoms with Crippen LogP contribution in [-0.4, -0.2) is 23.5 Å². The average Bonchev–Trinajstić information content (AvgIpc) is 2.29. The topological polar surface area (TPSA) is 32.3 Å². The Morgan fingerprint density at radius 1 is 1.41 bits per heavy atom. The van der Waals surface area contributed by atoms with Gasteiger partial charge in [-0.15, -0.1) is 11.8 Å². The first-order valence-corrected chi connectivity index (χ1v) is 7.25. The molecule has 17 heavy (non-hydrogen) atoms. The van der Waals surface area contributed by atoms with Crippen molar-refractivity contribution in [1.82, 2.24) is 5.32 Å². The third-order valence-corrected chi connectivity index (χ3v) is 3.86. The zero-order chi connectivity index (χ0) is 12.7. The molecule has 0 amide bonds. The first-order chi connectivity index (χ1) is 8.13. The Balaban J connectivity index is 2.53. The highest BCUT2D eigenvalue weighted by molar-refractivity contribution is 7.99. The van der Waals surface area contributed by atoms with E-state index in [4.69, 9.17) is 16.7 Å². The minimum Gasteiger partial charge on any atom is -0.396 e. The molecule has 0 aliphatic rings. The van der Waals surface area contributed by atoms with Crippen LogP contribution in [0.1, 0.15) is 25.8 Å². The zero-order valence-corrected chi connectivity index (χ0v) is 11.9. The van der Waals surface area contributed by atoms with Crippen molar-refractivity contribution in [3.05, 3.63) is 28.8 Å². The summed E-state index contributed by atoms with van der Waals surface area (Å²) in [6, 6.07) is 6.65. The van der Waals surface area contributed by atoms with Crippen LogP contribution in [0.5, 0.6) is 0 Å². The molecule has 96 valence electrons. The SMILES string of the molecule is CC(C)NCc1ccc(SCCCO)c(Cl)c1. The number of rotatable bonds is 7. The quantitative estimate of drug-likeness (QED) is 0.591. The lowest BCUT2D eigenvalue weighted by Crippen LogP contribution is -2.21. The third kappa shape index (κ3) is 5.77. The van der Waals surface area contributed by atoms with E-state index in [-0.39, 0.29) is 6.61 Å². The molecule has 0 bridgehead atoms. The molecule has 0 saturated heterocycles. The van der Waals surface area contributed by atoms with Gasteiger partial charge in [-0.25, -0.2) is 0 Å². The molecular formula is C13H20ClNOS. The number of aliphatic hydroxyl groups is 1. The Kier molecular flexibility index (Phi) is 6.97. The van der Waals surface area contributed by atoms with Gasteiger partial charge in [-0.3, -0.25) is 0 Å². The van der Waals surface area contributed by atoms with E-state index in [1.54, 1.807) is 11.8 Å². The number of benzene rings is 1. The van der Waals surface area contributed by atoms with Crippen LogP contribution in [0.2, 0.25) is 5.02 Å². The summed E-state index contributed by atoms with van der Waals surface area (Å²) in [5.74, 6) is 0.903. The van der Waals surface area contributed by atoms with E-state index < -0.39 is 0 Å². The summed E-state index contributed by atoms with van der Waals surface area (Å²) in [4.78, 5) is 1.09. The van der Waals surface area contributed by atoms with Crippen LogP contribution in [0.4, 0.5) is 0 Å². The standard InChI is InChI=1S/C13H20ClNOS/c1-10(2)15-9-11-4-5-13(12(14)8-11)17-7-3-6-16/h4-5,8,10,15-16H,3,6-7,9H2,1-2H3. The van der Waals surface area contributed by atoms with E-state index in [0.29, 0.717) is 6.04 Å². The van der Waals surface area contributed by atoms with Crippen LogP contribution >= 0.6 is 23.4 Å². The zero-order valence-electron chi connectivity index (χ0n) is 10.4. The second-order valence-corrected chi connectivity index (χ2v) is 5.77. The van der Waals surface area contributed by atoms with Gasteiger partial charge in [0.1, 0.15) is 0 Å². The number of hydrogen-bond donors (Lipinski definition) is 2. The van der Waals surface area contributed by atoms with Crippen molar-refractivity contribution < 1.29 is 5.11 Å². The van der Waals surface area contributed by atoms with Crippen molar-refractivity contribution in [2.45, 2.75) is 37.8 Å². The second-order valence-electron chi connectivity index (χ2n) is 4.23. The molecule has 0 unspecified atom stereocenters. The largest absolute Gasteiger partial charge is 0.396 e. The smallest absolute Gasteiger partial charge is 0.0545 e. The number of halogens is 1. The summed E-state index contributed by atoms with van der Waals surface area (Å²) >= 11 is 7.90. The third-order valence-electron chi connectivity index (χ3n) is 2.27. The first-order valence-electron chi connectivity index (χ1n) is 5.89. The molecule has 0 fully saturated rings. The van der Waals surface area contributed by atoms with Crippen molar-refractivity contribution in [3.63, 3.8) is 0 Å². The molecule has 0 aromatic heterocycles. The van der Waals surface area contributed by atoms with Crippen LogP contribution in [0, 0.1) is 0 Å². The fraction of sp³-hybridized carbons (Fsp3) is 0.538. The molecule has 0 atom stereocenters. The van der Waals surface area contributed by atoms with Gasteiger partial charge >= 0.3 is 0 Å². The summed E-state index contributed by atoms with van der Waals surface area (Å²) in [6.45, 7) is 5.33. The Bertz CT molecular complexity index is 344. The van der Waals surface area contributed by atoms with Crippen LogP contribution in [0.25, 0.3) is 0 Å². The molecule has 1 aromatic rings. The van der Waals surface area contributed by atoms with E-state index in [0.717, 1.165) is 28.6 Å². The van der Waals surface area contributed by atoms with E-state index >= 15 is 0 Å². The molecule has 2 nitrogen and oxygen atoms in total. The summed E-state index contributed by atoms with van der Waals surface area (Å²) in [7, 11) is 0. The van der Waals surface area contributed by atoms with Crippen molar-refractivity contribution in [3.8, 4) is 0 Å². The Labute approximate surface area is 113 Å². The lowest BCUT2D eigenvalue weighted by Gasteiger charge is -2.10. The van der Waals surface area contributed by atoms with E-state index in [2.05, 4.69) is 31.3 Å². The monoisotopic (exact) mass is 273 g/mol. The first kappa shape index (κ1) is 14.8. The van der Waals surface area contributed by atoms with Gasteiger partial charge in [0.2, 0.25) is 0 Å². The number of thioether (sulfide) groups is 1. The normalized spacial score (nSPS) is 11.1. The number of nitrogens with one attached hydrogen (secondary N) is 1. The number of hydrogen-bond acceptors (Lipinski definition) is 3. The molecule has 0 aliphatic heterocycles. The van der Waals surface area contributed by atoms with Gasteiger partial charge in [0.15, 0.2) is 0 Å². The highest BCUT2D eigenvalue weighted by Gasteiger charge is 2.03. The predicted molar refractivity (Wildman–Crippen MR) is 75.9 cm³/mol. The van der Waals surface area contributed by atoms with E-state index in [9.17, 15) is 0 Å². The number of aliphatic hydroxyl groups excluding tert-OH is 1. The molecule has 0 spiro atoms. The van der Waals surface area contributed by atoms with Gasteiger partial charge in [0.05, 0.1) is 5.02 Å². The van der Waals surface area contributed by atoms with Crippen LogP contribution in [0.15, 0.2) is 23.1 Å². The van der Waals surface area contributed by atoms with Crippen LogP contribution in [-0.2, 0) is 6.54 Å². The summed E-state index contributed by atoms with van der Waals surface area (Å²) in [6.07, 6.45) is 0.803. The van der Waals surface area contributed by atoms with Crippen molar-refractivity contribution in [2.24, 2.45) is 0 Å². The molecular weight excluding hydrogens is 254 g/mol. The summed E-state index contributed by atoms with van der Waals surface area (Å²) in [5.41, 5.74) is 1.20. The second kappa shape index (κ2) is 7.98. The molecule has 0 heterocycles. The van der Waals surface area contributed by atoms with Crippen LogP contribution < -0.4 is 5.32 Å². The van der Waals surface area contributed by atoms with Gasteiger partial charge in [-0.05, 0) is 24.1 Å². The Morgan fingerprint density at radius 3 is 2.76 bits per heavy atom. The molecule has 2 N–H and O–H groups in total. The Morgan fingerprint density at radius 2 is 2.18 bits per heavy atom. The van der Waals surface area contributed by atoms with Gasteiger partial charge in [-0.2, -0.15) is 0 Å². The predicted octanol–water partition coefficient (Wildman–Crippen LogP) is 3.31. The lowest BCUT2D eigenvalue weighted by atomic mass is 10.2. The van der Waals surface area contributed by atoms with Gasteiger partial charge in [-0.1, -0.05) is 31.5 Å². The lowest BCUT2D eigenvalue weighted by molar-refractivity contribution is 0.296. The molecule has 1 aromatic carbocycles. The van der Waals surface area contributed by atoms with Crippen molar-refractivity contribution in [2.75, 3.05) is 12.4 Å². The molecule has 0 radical (unpaired) electrons. The van der Waals surface area contributed by atoms with Crippen molar-refractivity contribution >= 4 is 23.4 Å². The maximum atomic E-state index is 8.73. The van der Waals surface area contributed by atoms with Gasteiger partial charge in [0, 0.05) is 29.8 Å². The molecule has 4 heteroatoms. The summed E-state index contributed by atoms with van der Waals surface area (Å²) < 4.78 is 0. The summed E-state index contributed by atoms with van der Waals surface area (Å²) in [5, 5.41) is 12.9. The molecule has 0 aliphatic carbocycles. The Hall–Kier alpha value is -0.220. The van der Waals surface area contributed by atoms with Crippen molar-refractivity contribution in [1.29, 1.82) is 0 Å². The minimum absolute atomic E-state index is 0.237. The van der Waals surface area contributed by atoms with Crippen LogP contribution in [0.3, 0.4) is 0 Å². The highest BCUT2D eigenvalue weighted by Crippen LogP contribution is 2.28. The highest BCUT2D eigenvalue weighted by atomic mass is 35.5. The van der Waals surface area contributed by atoms with Gasteiger partial charge in [0.25, 0.3) is 0 Å².